The molecule has 9 heteroatoms. The highest BCUT2D eigenvalue weighted by atomic mass is 16.6. The summed E-state index contributed by atoms with van der Waals surface area (Å²) in [7, 11) is 0. The van der Waals surface area contributed by atoms with E-state index in [0.717, 1.165) is 5.56 Å². The molecule has 2 aliphatic heterocycles. The molecule has 3 N–H and O–H groups in total. The van der Waals surface area contributed by atoms with Crippen LogP contribution in [0, 0.1) is 0 Å². The van der Waals surface area contributed by atoms with Gasteiger partial charge in [-0.15, -0.1) is 0 Å². The topological polar surface area (TPSA) is 117 Å². The number of carbonyl (C=O) groups is 4. The minimum absolute atomic E-state index is 0.0755. The van der Waals surface area contributed by atoms with E-state index in [1.807, 2.05) is 12.1 Å². The fourth-order valence-electron chi connectivity index (χ4n) is 3.13. The quantitative estimate of drug-likeness (QED) is 0.672. The van der Waals surface area contributed by atoms with Crippen LogP contribution in [-0.4, -0.2) is 53.1 Å². The van der Waals surface area contributed by atoms with E-state index in [2.05, 4.69) is 16.0 Å². The second kappa shape index (κ2) is 6.57. The first-order valence-corrected chi connectivity index (χ1v) is 8.57. The maximum absolute atomic E-state index is 12.6. The Balaban J connectivity index is 1.75. The van der Waals surface area contributed by atoms with E-state index in [1.165, 1.54) is 4.90 Å². The smallest absolute Gasteiger partial charge is 0.407 e. The number of fused-ring (bicyclic) bond motifs is 1. The normalized spacial score (nSPS) is 21.6. The van der Waals surface area contributed by atoms with Crippen LogP contribution in [0.15, 0.2) is 24.3 Å². The maximum atomic E-state index is 12.6. The van der Waals surface area contributed by atoms with E-state index in [-0.39, 0.29) is 19.0 Å². The van der Waals surface area contributed by atoms with Gasteiger partial charge < -0.3 is 20.3 Å². The molecule has 0 aromatic heterocycles. The van der Waals surface area contributed by atoms with Crippen LogP contribution in [0.4, 0.5) is 9.59 Å². The molecular weight excluding hydrogens is 352 g/mol. The third-order valence-electron chi connectivity index (χ3n) is 4.30. The van der Waals surface area contributed by atoms with Crippen LogP contribution in [0.1, 0.15) is 36.7 Å². The molecule has 0 saturated carbocycles. The van der Waals surface area contributed by atoms with Gasteiger partial charge in [0.2, 0.25) is 0 Å². The van der Waals surface area contributed by atoms with Gasteiger partial charge in [-0.1, -0.05) is 18.2 Å². The molecule has 0 bridgehead atoms. The molecule has 1 aromatic carbocycles. The Morgan fingerprint density at radius 1 is 1.26 bits per heavy atom. The Kier molecular flexibility index (Phi) is 4.54. The Morgan fingerprint density at radius 3 is 2.56 bits per heavy atom. The molecule has 1 fully saturated rings. The van der Waals surface area contributed by atoms with Gasteiger partial charge in [-0.05, 0) is 32.4 Å². The highest BCUT2D eigenvalue weighted by molar-refractivity contribution is 6.08. The third-order valence-corrected chi connectivity index (χ3v) is 4.30. The van der Waals surface area contributed by atoms with E-state index < -0.39 is 29.2 Å². The van der Waals surface area contributed by atoms with Crippen LogP contribution in [-0.2, 0) is 16.1 Å². The van der Waals surface area contributed by atoms with Crippen molar-refractivity contribution in [2.45, 2.75) is 38.5 Å². The summed E-state index contributed by atoms with van der Waals surface area (Å²) in [6.07, 6.45) is -0.716. The number of carbonyl (C=O) groups excluding carboxylic acids is 4. The van der Waals surface area contributed by atoms with Crippen LogP contribution >= 0.6 is 0 Å². The number of nitrogens with one attached hydrogen (secondary N) is 3. The Morgan fingerprint density at radius 2 is 1.96 bits per heavy atom. The highest BCUT2D eigenvalue weighted by Crippen LogP contribution is 2.25. The first kappa shape index (κ1) is 18.7. The van der Waals surface area contributed by atoms with E-state index >= 15 is 0 Å². The first-order chi connectivity index (χ1) is 12.6. The number of urea groups is 1. The summed E-state index contributed by atoms with van der Waals surface area (Å²) in [5.41, 5.74) is -0.753. The summed E-state index contributed by atoms with van der Waals surface area (Å²) in [4.78, 5) is 50.2. The maximum Gasteiger partial charge on any atom is 0.407 e. The second-order valence-electron chi connectivity index (χ2n) is 7.66. The molecule has 1 unspecified atom stereocenters. The molecule has 1 atom stereocenters. The fraction of sp³-hybridized carbons (Fsp3) is 0.444. The van der Waals surface area contributed by atoms with Gasteiger partial charge >= 0.3 is 12.1 Å². The van der Waals surface area contributed by atoms with Crippen molar-refractivity contribution >= 4 is 23.9 Å². The van der Waals surface area contributed by atoms with Gasteiger partial charge in [0.05, 0.1) is 13.1 Å². The number of alkyl carbamates (subject to hydrolysis) is 1. The molecule has 144 valence electrons. The molecule has 0 spiro atoms. The zero-order valence-corrected chi connectivity index (χ0v) is 15.4. The van der Waals surface area contributed by atoms with Crippen LogP contribution in [0.3, 0.4) is 0 Å². The first-order valence-electron chi connectivity index (χ1n) is 8.57. The Hall–Kier alpha value is -3.10. The van der Waals surface area contributed by atoms with Crippen LogP contribution in [0.5, 0.6) is 0 Å². The minimum Gasteiger partial charge on any atom is -0.444 e. The van der Waals surface area contributed by atoms with Crippen molar-refractivity contribution in [3.8, 4) is 0 Å². The summed E-state index contributed by atoms with van der Waals surface area (Å²) in [6, 6.07) is 6.49. The Bertz CT molecular complexity index is 816. The molecule has 9 nitrogen and oxygen atoms in total. The number of imide groups is 1. The average Bonchev–Trinajstić information content (AvgIpc) is 3.02. The SMILES string of the molecule is CC(C)(C)OC(=O)NCC1(CN2Cc3ccccc3C2=O)NC(=O)NC1=O. The van der Waals surface area contributed by atoms with Crippen molar-refractivity contribution in [3.05, 3.63) is 35.4 Å². The van der Waals surface area contributed by atoms with Crippen molar-refractivity contribution < 1.29 is 23.9 Å². The number of amides is 5. The molecule has 3 rings (SSSR count). The predicted octanol–water partition coefficient (Wildman–Crippen LogP) is 0.745. The lowest BCUT2D eigenvalue weighted by Crippen LogP contribution is -2.61. The van der Waals surface area contributed by atoms with E-state index in [4.69, 9.17) is 4.74 Å². The zero-order valence-electron chi connectivity index (χ0n) is 15.4. The van der Waals surface area contributed by atoms with E-state index in [1.54, 1.807) is 32.9 Å². The molecular formula is C18H22N4O5. The largest absolute Gasteiger partial charge is 0.444 e. The molecule has 27 heavy (non-hydrogen) atoms. The molecule has 1 saturated heterocycles. The van der Waals surface area contributed by atoms with Gasteiger partial charge in [-0.2, -0.15) is 0 Å². The van der Waals surface area contributed by atoms with Gasteiger partial charge in [0.15, 0.2) is 5.54 Å². The lowest BCUT2D eigenvalue weighted by molar-refractivity contribution is -0.124. The lowest BCUT2D eigenvalue weighted by Gasteiger charge is -2.31. The number of nitrogens with zero attached hydrogens (tertiary/aromatic N) is 1. The number of rotatable bonds is 4. The average molecular weight is 374 g/mol. The van der Waals surface area contributed by atoms with Gasteiger partial charge in [0.25, 0.3) is 11.8 Å². The van der Waals surface area contributed by atoms with Crippen molar-refractivity contribution in [3.63, 3.8) is 0 Å². The van der Waals surface area contributed by atoms with Gasteiger partial charge in [-0.25, -0.2) is 9.59 Å². The van der Waals surface area contributed by atoms with Crippen LogP contribution in [0.2, 0.25) is 0 Å². The molecule has 5 amide bonds. The van der Waals surface area contributed by atoms with Crippen molar-refractivity contribution in [1.82, 2.24) is 20.9 Å². The number of hydrogen-bond donors (Lipinski definition) is 3. The van der Waals surface area contributed by atoms with E-state index in [0.29, 0.717) is 12.1 Å². The van der Waals surface area contributed by atoms with Crippen LogP contribution in [0.25, 0.3) is 0 Å². The van der Waals surface area contributed by atoms with Crippen molar-refractivity contribution in [2.24, 2.45) is 0 Å². The Labute approximate surface area is 156 Å². The minimum atomic E-state index is -1.47. The summed E-state index contributed by atoms with van der Waals surface area (Å²) in [5.74, 6) is -0.830. The molecule has 0 radical (unpaired) electrons. The highest BCUT2D eigenvalue weighted by Gasteiger charge is 2.49. The van der Waals surface area contributed by atoms with Crippen molar-refractivity contribution in [2.75, 3.05) is 13.1 Å². The standard InChI is InChI=1S/C18H22N4O5/c1-17(2,3)27-16(26)19-9-18(14(24)20-15(25)21-18)10-22-8-11-6-4-5-7-12(11)13(22)23/h4-7H,8-10H2,1-3H3,(H,19,26)(H2,20,21,24,25). The summed E-state index contributed by atoms with van der Waals surface area (Å²) in [6.45, 7) is 5.19. The molecule has 2 heterocycles. The monoisotopic (exact) mass is 374 g/mol. The van der Waals surface area contributed by atoms with Gasteiger partial charge in [-0.3, -0.25) is 14.9 Å². The number of hydrogen-bond acceptors (Lipinski definition) is 5. The molecule has 2 aliphatic rings. The third kappa shape index (κ3) is 3.86. The predicted molar refractivity (Wildman–Crippen MR) is 94.8 cm³/mol. The lowest BCUT2D eigenvalue weighted by atomic mass is 9.99. The second-order valence-corrected chi connectivity index (χ2v) is 7.66. The van der Waals surface area contributed by atoms with Crippen molar-refractivity contribution in [1.29, 1.82) is 0 Å². The fourth-order valence-corrected chi connectivity index (χ4v) is 3.13. The molecule has 1 aromatic rings. The summed E-state index contributed by atoms with van der Waals surface area (Å²) in [5, 5.41) is 7.22. The van der Waals surface area contributed by atoms with E-state index in [9.17, 15) is 19.2 Å². The summed E-state index contributed by atoms with van der Waals surface area (Å²) >= 11 is 0. The molecule has 0 aliphatic carbocycles. The number of ether oxygens (including phenoxy) is 1. The summed E-state index contributed by atoms with van der Waals surface area (Å²) < 4.78 is 5.17. The number of benzene rings is 1. The van der Waals surface area contributed by atoms with Gasteiger partial charge in [0.1, 0.15) is 5.60 Å². The van der Waals surface area contributed by atoms with Crippen LogP contribution < -0.4 is 16.0 Å². The zero-order chi connectivity index (χ0) is 19.8. The van der Waals surface area contributed by atoms with Gasteiger partial charge in [0, 0.05) is 12.1 Å².